The van der Waals surface area contributed by atoms with E-state index < -0.39 is 12.3 Å². The molecule has 0 aromatic heterocycles. The highest BCUT2D eigenvalue weighted by Gasteiger charge is 2.45. The van der Waals surface area contributed by atoms with Gasteiger partial charge >= 0.3 is 0 Å². The van der Waals surface area contributed by atoms with Gasteiger partial charge in [-0.05, 0) is 81.5 Å². The van der Waals surface area contributed by atoms with Crippen molar-refractivity contribution in [3.63, 3.8) is 0 Å². The summed E-state index contributed by atoms with van der Waals surface area (Å²) in [4.78, 5) is 0. The molecule has 3 aliphatic carbocycles. The maximum absolute atomic E-state index is 15.0. The lowest BCUT2D eigenvalue weighted by Gasteiger charge is -2.45. The summed E-state index contributed by atoms with van der Waals surface area (Å²) in [6, 6.07) is 0. The highest BCUT2D eigenvalue weighted by atomic mass is 31.0. The molecule has 3 rings (SSSR count). The van der Waals surface area contributed by atoms with Gasteiger partial charge in [0.15, 0.2) is 0 Å². The standard InChI is InChI=1S/C21H37F2OP/c1-3-24-19-11-10-17(21(25)20(19)23)15-8-9-16(18(22)12-15)14-6-4-13(2)5-7-14/h13-21H,3-12,25H2,1-2H3. The third kappa shape index (κ3) is 4.57. The molecule has 8 unspecified atom stereocenters. The summed E-state index contributed by atoms with van der Waals surface area (Å²) < 4.78 is 35.3. The molecule has 146 valence electrons. The van der Waals surface area contributed by atoms with Gasteiger partial charge in [-0.1, -0.05) is 19.8 Å². The molecule has 0 N–H and O–H groups in total. The van der Waals surface area contributed by atoms with Crippen molar-refractivity contribution in [1.82, 2.24) is 0 Å². The molecule has 3 aliphatic rings. The van der Waals surface area contributed by atoms with Crippen molar-refractivity contribution < 1.29 is 13.5 Å². The van der Waals surface area contributed by atoms with Gasteiger partial charge in [0, 0.05) is 12.3 Å². The Kier molecular flexibility index (Phi) is 7.17. The smallest absolute Gasteiger partial charge is 0.133 e. The molecule has 8 atom stereocenters. The lowest BCUT2D eigenvalue weighted by Crippen LogP contribution is -2.46. The van der Waals surface area contributed by atoms with E-state index in [-0.39, 0.29) is 17.7 Å². The average molecular weight is 374 g/mol. The molecule has 4 heteroatoms. The normalized spacial score (nSPS) is 49.1. The van der Waals surface area contributed by atoms with Crippen LogP contribution in [0.25, 0.3) is 0 Å². The highest BCUT2D eigenvalue weighted by Crippen LogP contribution is 2.48. The molecular formula is C21H37F2OP. The summed E-state index contributed by atoms with van der Waals surface area (Å²) in [5.41, 5.74) is -0.0745. The van der Waals surface area contributed by atoms with Gasteiger partial charge in [0.2, 0.25) is 0 Å². The first-order chi connectivity index (χ1) is 12.0. The van der Waals surface area contributed by atoms with Gasteiger partial charge in [0.1, 0.15) is 12.3 Å². The Morgan fingerprint density at radius 1 is 0.880 bits per heavy atom. The highest BCUT2D eigenvalue weighted by molar-refractivity contribution is 7.17. The lowest BCUT2D eigenvalue weighted by atomic mass is 9.64. The molecule has 0 aromatic carbocycles. The number of hydrogen-bond acceptors (Lipinski definition) is 1. The first kappa shape index (κ1) is 20.0. The molecule has 25 heavy (non-hydrogen) atoms. The third-order valence-corrected chi connectivity index (χ3v) is 8.38. The quantitative estimate of drug-likeness (QED) is 0.551. The van der Waals surface area contributed by atoms with Crippen LogP contribution in [0, 0.1) is 29.6 Å². The minimum Gasteiger partial charge on any atom is -0.375 e. The summed E-state index contributed by atoms with van der Waals surface area (Å²) in [6.07, 6.45) is 7.70. The molecule has 0 amide bonds. The first-order valence-electron chi connectivity index (χ1n) is 10.7. The largest absolute Gasteiger partial charge is 0.375 e. The van der Waals surface area contributed by atoms with Crippen molar-refractivity contribution in [2.75, 3.05) is 6.61 Å². The van der Waals surface area contributed by atoms with Gasteiger partial charge in [-0.3, -0.25) is 0 Å². The second-order valence-electron chi connectivity index (χ2n) is 9.03. The van der Waals surface area contributed by atoms with Crippen molar-refractivity contribution >= 4 is 9.24 Å². The Hall–Kier alpha value is 0.250. The average Bonchev–Trinajstić information content (AvgIpc) is 2.60. The third-order valence-electron chi connectivity index (χ3n) is 7.52. The van der Waals surface area contributed by atoms with Crippen molar-refractivity contribution in [2.24, 2.45) is 29.6 Å². The summed E-state index contributed by atoms with van der Waals surface area (Å²) in [6.45, 7) is 4.83. The molecule has 0 heterocycles. The Morgan fingerprint density at radius 2 is 1.52 bits per heavy atom. The van der Waals surface area contributed by atoms with Crippen molar-refractivity contribution in [1.29, 1.82) is 0 Å². The lowest BCUT2D eigenvalue weighted by molar-refractivity contribution is -0.0436. The monoisotopic (exact) mass is 374 g/mol. The zero-order valence-corrected chi connectivity index (χ0v) is 17.2. The number of rotatable bonds is 4. The van der Waals surface area contributed by atoms with Gasteiger partial charge in [0.25, 0.3) is 0 Å². The van der Waals surface area contributed by atoms with Crippen molar-refractivity contribution in [3.8, 4) is 0 Å². The molecule has 0 saturated heterocycles. The van der Waals surface area contributed by atoms with Crippen LogP contribution in [0.15, 0.2) is 0 Å². The van der Waals surface area contributed by atoms with E-state index in [4.69, 9.17) is 4.74 Å². The maximum Gasteiger partial charge on any atom is 0.133 e. The summed E-state index contributed by atoms with van der Waals surface area (Å²) in [5, 5.41) is 0. The molecule has 1 nitrogen and oxygen atoms in total. The fourth-order valence-corrected chi connectivity index (χ4v) is 6.69. The molecule has 0 spiro atoms. The Balaban J connectivity index is 1.54. The zero-order chi connectivity index (χ0) is 18.0. The van der Waals surface area contributed by atoms with E-state index >= 15 is 4.39 Å². The predicted octanol–water partition coefficient (Wildman–Crippen LogP) is 5.96. The number of ether oxygens (including phenoxy) is 1. The van der Waals surface area contributed by atoms with Gasteiger partial charge in [-0.2, -0.15) is 0 Å². The van der Waals surface area contributed by atoms with Crippen LogP contribution in [-0.2, 0) is 4.74 Å². The molecule has 0 aliphatic heterocycles. The van der Waals surface area contributed by atoms with E-state index in [2.05, 4.69) is 16.2 Å². The molecule has 3 fully saturated rings. The van der Waals surface area contributed by atoms with E-state index in [1.165, 1.54) is 25.7 Å². The van der Waals surface area contributed by atoms with E-state index in [9.17, 15) is 4.39 Å². The maximum atomic E-state index is 15.0. The van der Waals surface area contributed by atoms with Crippen LogP contribution in [0.2, 0.25) is 0 Å². The molecule has 3 saturated carbocycles. The van der Waals surface area contributed by atoms with Gasteiger partial charge < -0.3 is 4.74 Å². The van der Waals surface area contributed by atoms with E-state index in [1.54, 1.807) is 0 Å². The minimum atomic E-state index is -0.917. The SMILES string of the molecule is CCOC1CCC(C2CCC(C3CCC(C)CC3)C(F)C2)C(P)C1F. The molecular weight excluding hydrogens is 337 g/mol. The summed E-state index contributed by atoms with van der Waals surface area (Å²) in [5.74, 6) is 2.36. The Morgan fingerprint density at radius 3 is 2.16 bits per heavy atom. The van der Waals surface area contributed by atoms with Crippen LogP contribution < -0.4 is 0 Å². The van der Waals surface area contributed by atoms with E-state index in [0.717, 1.165) is 31.6 Å². The van der Waals surface area contributed by atoms with Gasteiger partial charge in [-0.25, -0.2) is 8.78 Å². The van der Waals surface area contributed by atoms with Gasteiger partial charge in [-0.15, -0.1) is 9.24 Å². The first-order valence-corrected chi connectivity index (χ1v) is 11.3. The van der Waals surface area contributed by atoms with Crippen LogP contribution in [0.3, 0.4) is 0 Å². The number of alkyl halides is 2. The fourth-order valence-electron chi connectivity index (χ4n) is 5.93. The summed E-state index contributed by atoms with van der Waals surface area (Å²) >= 11 is 0. The second kappa shape index (κ2) is 8.96. The van der Waals surface area contributed by atoms with Gasteiger partial charge in [0.05, 0.1) is 6.10 Å². The predicted molar refractivity (Wildman–Crippen MR) is 103 cm³/mol. The summed E-state index contributed by atoms with van der Waals surface area (Å²) in [7, 11) is 2.73. The van der Waals surface area contributed by atoms with E-state index in [0.29, 0.717) is 30.8 Å². The zero-order valence-electron chi connectivity index (χ0n) is 16.0. The number of hydrogen-bond donors (Lipinski definition) is 0. The Labute approximate surface area is 155 Å². The molecule has 0 bridgehead atoms. The Bertz CT molecular complexity index is 413. The van der Waals surface area contributed by atoms with Crippen molar-refractivity contribution in [2.45, 2.75) is 95.7 Å². The van der Waals surface area contributed by atoms with Crippen LogP contribution in [0.1, 0.15) is 71.6 Å². The number of halogens is 2. The van der Waals surface area contributed by atoms with Crippen molar-refractivity contribution in [3.05, 3.63) is 0 Å². The van der Waals surface area contributed by atoms with Crippen LogP contribution in [-0.4, -0.2) is 30.7 Å². The minimum absolute atomic E-state index is 0.0745. The van der Waals surface area contributed by atoms with Crippen LogP contribution in [0.4, 0.5) is 8.78 Å². The molecule has 0 radical (unpaired) electrons. The van der Waals surface area contributed by atoms with Crippen LogP contribution >= 0.6 is 9.24 Å². The van der Waals surface area contributed by atoms with E-state index in [1.807, 2.05) is 6.92 Å². The second-order valence-corrected chi connectivity index (χ2v) is 9.80. The molecule has 0 aromatic rings. The fraction of sp³-hybridized carbons (Fsp3) is 1.00. The topological polar surface area (TPSA) is 9.23 Å². The van der Waals surface area contributed by atoms with Crippen LogP contribution in [0.5, 0.6) is 0 Å².